The van der Waals surface area contributed by atoms with Gasteiger partial charge in [0.05, 0.1) is 5.56 Å². The highest BCUT2D eigenvalue weighted by Crippen LogP contribution is 2.42. The predicted molar refractivity (Wildman–Crippen MR) is 66.4 cm³/mol. The Balaban J connectivity index is 2.09. The summed E-state index contributed by atoms with van der Waals surface area (Å²) in [4.78, 5) is 11.2. The molecular weight excluding hydrogens is 230 g/mol. The number of aromatic carboxylic acids is 1. The van der Waals surface area contributed by atoms with Gasteiger partial charge in [-0.15, -0.1) is 5.10 Å². The fourth-order valence-corrected chi connectivity index (χ4v) is 2.61. The van der Waals surface area contributed by atoms with E-state index in [0.29, 0.717) is 11.0 Å². The van der Waals surface area contributed by atoms with E-state index in [1.54, 1.807) is 22.9 Å². The number of carbonyl (C=O) groups is 1. The second-order valence-electron chi connectivity index (χ2n) is 5.39. The molecule has 5 heteroatoms. The molecule has 1 heterocycles. The molecule has 1 aromatic heterocycles. The lowest BCUT2D eigenvalue weighted by molar-refractivity contribution is 0.0697. The maximum atomic E-state index is 11.2. The van der Waals surface area contributed by atoms with E-state index in [1.807, 2.05) is 0 Å². The van der Waals surface area contributed by atoms with E-state index >= 15 is 0 Å². The van der Waals surface area contributed by atoms with Gasteiger partial charge in [0.25, 0.3) is 0 Å². The Bertz CT molecular complexity index is 614. The second kappa shape index (κ2) is 3.80. The van der Waals surface area contributed by atoms with Crippen molar-refractivity contribution in [3.05, 3.63) is 23.8 Å². The molecule has 0 amide bonds. The van der Waals surface area contributed by atoms with Gasteiger partial charge in [-0.05, 0) is 30.4 Å². The van der Waals surface area contributed by atoms with Crippen LogP contribution in [0.1, 0.15) is 36.5 Å². The highest BCUT2D eigenvalue weighted by Gasteiger charge is 2.33. The van der Waals surface area contributed by atoms with Gasteiger partial charge in [0.1, 0.15) is 11.0 Å². The smallest absolute Gasteiger partial charge is 0.337 e. The summed E-state index contributed by atoms with van der Waals surface area (Å²) in [6.45, 7) is 2.96. The zero-order valence-corrected chi connectivity index (χ0v) is 10.3. The standard InChI is InChI=1S/C13H15N3O2/c1-13(6-3-7-13)8-16-11-9(12(17)18)4-2-5-10(11)14-15-16/h2,4-5H,3,6-8H2,1H3,(H,17,18). The SMILES string of the molecule is CC1(Cn2nnc3cccc(C(=O)O)c32)CCC1. The Morgan fingerprint density at radius 3 is 2.89 bits per heavy atom. The summed E-state index contributed by atoms with van der Waals surface area (Å²) in [5, 5.41) is 17.4. The quantitative estimate of drug-likeness (QED) is 0.901. The number of rotatable bonds is 3. The molecule has 1 N–H and O–H groups in total. The van der Waals surface area contributed by atoms with E-state index in [1.165, 1.54) is 19.3 Å². The molecule has 0 atom stereocenters. The van der Waals surface area contributed by atoms with Crippen LogP contribution >= 0.6 is 0 Å². The van der Waals surface area contributed by atoms with Gasteiger partial charge in [0.15, 0.2) is 0 Å². The number of fused-ring (bicyclic) bond motifs is 1. The van der Waals surface area contributed by atoms with Crippen LogP contribution in [0.3, 0.4) is 0 Å². The maximum absolute atomic E-state index is 11.2. The van der Waals surface area contributed by atoms with Crippen LogP contribution in [0.2, 0.25) is 0 Å². The molecule has 0 bridgehead atoms. The molecule has 1 fully saturated rings. The zero-order valence-electron chi connectivity index (χ0n) is 10.3. The molecule has 0 unspecified atom stereocenters. The molecule has 94 valence electrons. The molecule has 1 aliphatic carbocycles. The van der Waals surface area contributed by atoms with Crippen LogP contribution in [-0.4, -0.2) is 26.1 Å². The van der Waals surface area contributed by atoms with Gasteiger partial charge in [-0.1, -0.05) is 24.6 Å². The van der Waals surface area contributed by atoms with Gasteiger partial charge in [0, 0.05) is 6.54 Å². The van der Waals surface area contributed by atoms with E-state index in [2.05, 4.69) is 17.2 Å². The van der Waals surface area contributed by atoms with Crippen LogP contribution in [0.15, 0.2) is 18.2 Å². The highest BCUT2D eigenvalue weighted by atomic mass is 16.4. The number of aromatic nitrogens is 3. The first kappa shape index (κ1) is 11.2. The summed E-state index contributed by atoms with van der Waals surface area (Å²) < 4.78 is 1.75. The number of para-hydroxylation sites is 1. The minimum absolute atomic E-state index is 0.242. The van der Waals surface area contributed by atoms with Crippen molar-refractivity contribution in [3.8, 4) is 0 Å². The minimum Gasteiger partial charge on any atom is -0.478 e. The lowest BCUT2D eigenvalue weighted by Gasteiger charge is -2.38. The fourth-order valence-electron chi connectivity index (χ4n) is 2.61. The van der Waals surface area contributed by atoms with Crippen molar-refractivity contribution in [1.29, 1.82) is 0 Å². The van der Waals surface area contributed by atoms with Crippen LogP contribution in [-0.2, 0) is 6.54 Å². The molecule has 1 saturated carbocycles. The van der Waals surface area contributed by atoms with Crippen molar-refractivity contribution in [2.24, 2.45) is 5.41 Å². The zero-order chi connectivity index (χ0) is 12.8. The summed E-state index contributed by atoms with van der Waals surface area (Å²) in [6.07, 6.45) is 3.59. The molecule has 3 rings (SSSR count). The third-order valence-corrected chi connectivity index (χ3v) is 3.86. The maximum Gasteiger partial charge on any atom is 0.337 e. The lowest BCUT2D eigenvalue weighted by Crippen LogP contribution is -2.31. The van der Waals surface area contributed by atoms with E-state index in [4.69, 9.17) is 0 Å². The van der Waals surface area contributed by atoms with Crippen molar-refractivity contribution in [3.63, 3.8) is 0 Å². The van der Waals surface area contributed by atoms with Gasteiger partial charge in [-0.25, -0.2) is 9.48 Å². The summed E-state index contributed by atoms with van der Waals surface area (Å²) >= 11 is 0. The Kier molecular flexibility index (Phi) is 2.36. The van der Waals surface area contributed by atoms with Crippen molar-refractivity contribution >= 4 is 17.0 Å². The molecule has 0 radical (unpaired) electrons. The topological polar surface area (TPSA) is 68.0 Å². The molecule has 0 saturated heterocycles. The Morgan fingerprint density at radius 1 is 1.50 bits per heavy atom. The van der Waals surface area contributed by atoms with E-state index in [9.17, 15) is 9.90 Å². The summed E-state index contributed by atoms with van der Waals surface area (Å²) in [6, 6.07) is 5.11. The van der Waals surface area contributed by atoms with Crippen molar-refractivity contribution in [1.82, 2.24) is 15.0 Å². The molecular formula is C13H15N3O2. The van der Waals surface area contributed by atoms with Crippen LogP contribution in [0, 0.1) is 5.41 Å². The monoisotopic (exact) mass is 245 g/mol. The number of benzene rings is 1. The molecule has 18 heavy (non-hydrogen) atoms. The van der Waals surface area contributed by atoms with Crippen LogP contribution in [0.25, 0.3) is 11.0 Å². The van der Waals surface area contributed by atoms with Crippen LogP contribution in [0.5, 0.6) is 0 Å². The van der Waals surface area contributed by atoms with Gasteiger partial charge in [-0.2, -0.15) is 0 Å². The van der Waals surface area contributed by atoms with Crippen molar-refractivity contribution in [2.45, 2.75) is 32.7 Å². The third kappa shape index (κ3) is 1.66. The van der Waals surface area contributed by atoms with Gasteiger partial charge in [-0.3, -0.25) is 0 Å². The number of carboxylic acids is 1. The van der Waals surface area contributed by atoms with Gasteiger partial charge in [0.2, 0.25) is 0 Å². The fraction of sp³-hybridized carbons (Fsp3) is 0.462. The summed E-state index contributed by atoms with van der Waals surface area (Å²) in [7, 11) is 0. The number of hydrogen-bond donors (Lipinski definition) is 1. The Morgan fingerprint density at radius 2 is 2.28 bits per heavy atom. The van der Waals surface area contributed by atoms with Gasteiger partial charge < -0.3 is 5.11 Å². The van der Waals surface area contributed by atoms with Gasteiger partial charge >= 0.3 is 5.97 Å². The average Bonchev–Trinajstić information content (AvgIpc) is 2.70. The molecule has 1 aliphatic rings. The first-order chi connectivity index (χ1) is 8.59. The molecule has 0 spiro atoms. The van der Waals surface area contributed by atoms with Crippen molar-refractivity contribution < 1.29 is 9.90 Å². The number of hydrogen-bond acceptors (Lipinski definition) is 3. The molecule has 5 nitrogen and oxygen atoms in total. The first-order valence-electron chi connectivity index (χ1n) is 6.15. The van der Waals surface area contributed by atoms with Crippen LogP contribution in [0.4, 0.5) is 0 Å². The summed E-state index contributed by atoms with van der Waals surface area (Å²) in [5.41, 5.74) is 1.81. The molecule has 2 aromatic rings. The molecule has 1 aromatic carbocycles. The largest absolute Gasteiger partial charge is 0.478 e. The summed E-state index contributed by atoms with van der Waals surface area (Å²) in [5.74, 6) is -0.928. The first-order valence-corrected chi connectivity index (χ1v) is 6.15. The Labute approximate surface area is 104 Å². The normalized spacial score (nSPS) is 17.6. The van der Waals surface area contributed by atoms with Crippen molar-refractivity contribution in [2.75, 3.05) is 0 Å². The van der Waals surface area contributed by atoms with Crippen LogP contribution < -0.4 is 0 Å². The molecule has 0 aliphatic heterocycles. The average molecular weight is 245 g/mol. The third-order valence-electron chi connectivity index (χ3n) is 3.86. The minimum atomic E-state index is -0.928. The van der Waals surface area contributed by atoms with E-state index in [0.717, 1.165) is 6.54 Å². The lowest BCUT2D eigenvalue weighted by atomic mass is 9.70. The predicted octanol–water partition coefficient (Wildman–Crippen LogP) is 2.32. The number of carboxylic acid groups (broad SMARTS) is 1. The highest BCUT2D eigenvalue weighted by molar-refractivity contribution is 6.00. The van der Waals surface area contributed by atoms with E-state index in [-0.39, 0.29) is 11.0 Å². The Hall–Kier alpha value is -1.91. The second-order valence-corrected chi connectivity index (χ2v) is 5.39. The van der Waals surface area contributed by atoms with E-state index < -0.39 is 5.97 Å². The number of nitrogens with zero attached hydrogens (tertiary/aromatic N) is 3.